The van der Waals surface area contributed by atoms with Crippen molar-refractivity contribution in [3.63, 3.8) is 0 Å². The van der Waals surface area contributed by atoms with Crippen molar-refractivity contribution in [2.24, 2.45) is 0 Å². The smallest absolute Gasteiger partial charge is 0.338 e. The number of nitro groups is 1. The van der Waals surface area contributed by atoms with Gasteiger partial charge in [-0.15, -0.1) is 0 Å². The molecular formula is C9H10N2O5. The molecule has 0 amide bonds. The molecule has 0 saturated heterocycles. The van der Waals surface area contributed by atoms with Crippen molar-refractivity contribution in [3.05, 3.63) is 27.8 Å². The summed E-state index contributed by atoms with van der Waals surface area (Å²) in [6.07, 6.45) is 0. The van der Waals surface area contributed by atoms with Gasteiger partial charge in [0, 0.05) is 6.07 Å². The Morgan fingerprint density at radius 1 is 1.44 bits per heavy atom. The molecule has 0 radical (unpaired) electrons. The van der Waals surface area contributed by atoms with E-state index in [9.17, 15) is 14.9 Å². The first-order valence-electron chi connectivity index (χ1n) is 4.21. The molecule has 0 spiro atoms. The molecule has 0 aliphatic rings. The van der Waals surface area contributed by atoms with E-state index in [-0.39, 0.29) is 22.7 Å². The van der Waals surface area contributed by atoms with E-state index in [0.29, 0.717) is 0 Å². The maximum absolute atomic E-state index is 11.2. The van der Waals surface area contributed by atoms with Crippen molar-refractivity contribution in [1.82, 2.24) is 0 Å². The lowest BCUT2D eigenvalue weighted by Crippen LogP contribution is -2.05. The third kappa shape index (κ3) is 2.02. The Balaban J connectivity index is 3.39. The van der Waals surface area contributed by atoms with Gasteiger partial charge in [0.2, 0.25) is 5.75 Å². The second kappa shape index (κ2) is 4.47. The number of hydrogen-bond acceptors (Lipinski definition) is 6. The van der Waals surface area contributed by atoms with E-state index in [2.05, 4.69) is 4.74 Å². The molecule has 0 atom stereocenters. The van der Waals surface area contributed by atoms with Gasteiger partial charge in [-0.1, -0.05) is 0 Å². The van der Waals surface area contributed by atoms with Crippen molar-refractivity contribution in [2.45, 2.75) is 0 Å². The number of carbonyl (C=O) groups is 1. The van der Waals surface area contributed by atoms with Crippen molar-refractivity contribution < 1.29 is 19.2 Å². The molecule has 0 aromatic heterocycles. The minimum Gasteiger partial charge on any atom is -0.489 e. The number of ether oxygens (including phenoxy) is 2. The first kappa shape index (κ1) is 11.8. The molecule has 7 nitrogen and oxygen atoms in total. The van der Waals surface area contributed by atoms with Gasteiger partial charge in [-0.3, -0.25) is 10.1 Å². The molecular weight excluding hydrogens is 216 g/mol. The molecule has 0 unspecified atom stereocenters. The summed E-state index contributed by atoms with van der Waals surface area (Å²) in [7, 11) is 2.44. The second-order valence-electron chi connectivity index (χ2n) is 2.87. The number of esters is 1. The van der Waals surface area contributed by atoms with Crippen molar-refractivity contribution >= 4 is 17.3 Å². The summed E-state index contributed by atoms with van der Waals surface area (Å²) < 4.78 is 9.23. The number of nitrogen functional groups attached to an aromatic ring is 1. The topological polar surface area (TPSA) is 105 Å². The van der Waals surface area contributed by atoms with Crippen LogP contribution in [0.25, 0.3) is 0 Å². The van der Waals surface area contributed by atoms with Gasteiger partial charge in [-0.25, -0.2) is 4.79 Å². The van der Waals surface area contributed by atoms with Gasteiger partial charge in [-0.05, 0) is 6.07 Å². The summed E-state index contributed by atoms with van der Waals surface area (Å²) in [5, 5.41) is 10.7. The van der Waals surface area contributed by atoms with Crippen LogP contribution < -0.4 is 10.5 Å². The molecule has 2 N–H and O–H groups in total. The van der Waals surface area contributed by atoms with Crippen LogP contribution >= 0.6 is 0 Å². The highest BCUT2D eigenvalue weighted by atomic mass is 16.6. The van der Waals surface area contributed by atoms with Gasteiger partial charge in [-0.2, -0.15) is 0 Å². The lowest BCUT2D eigenvalue weighted by molar-refractivity contribution is -0.385. The summed E-state index contributed by atoms with van der Waals surface area (Å²) in [6, 6.07) is 2.32. The Morgan fingerprint density at radius 3 is 2.50 bits per heavy atom. The van der Waals surface area contributed by atoms with Crippen molar-refractivity contribution in [1.29, 1.82) is 0 Å². The van der Waals surface area contributed by atoms with Crippen LogP contribution in [0.15, 0.2) is 12.1 Å². The second-order valence-corrected chi connectivity index (χ2v) is 2.87. The molecule has 1 aromatic carbocycles. The number of nitrogens with two attached hydrogens (primary N) is 1. The number of anilines is 1. The van der Waals surface area contributed by atoms with E-state index in [0.717, 1.165) is 6.07 Å². The Labute approximate surface area is 90.9 Å². The summed E-state index contributed by atoms with van der Waals surface area (Å²) in [4.78, 5) is 21.2. The SMILES string of the molecule is COC(=O)c1cc(N)c(OC)c([N+](=O)[O-])c1. The number of methoxy groups -OCH3 is 2. The molecule has 0 saturated carbocycles. The Hall–Kier alpha value is -2.31. The molecule has 0 aliphatic carbocycles. The number of carbonyl (C=O) groups excluding carboxylic acids is 1. The monoisotopic (exact) mass is 226 g/mol. The minimum atomic E-state index is -0.697. The first-order valence-corrected chi connectivity index (χ1v) is 4.21. The van der Waals surface area contributed by atoms with Gasteiger partial charge < -0.3 is 15.2 Å². The summed E-state index contributed by atoms with van der Waals surface area (Å²) in [5.41, 5.74) is 5.17. The standard InChI is InChI=1S/C9H10N2O5/c1-15-8-6(10)3-5(9(12)16-2)4-7(8)11(13)14/h3-4H,10H2,1-2H3. The van der Waals surface area contributed by atoms with Crippen LogP contribution in [-0.2, 0) is 4.74 Å². The predicted octanol–water partition coefficient (Wildman–Crippen LogP) is 0.972. The minimum absolute atomic E-state index is 0.00694. The first-order chi connectivity index (χ1) is 7.51. The van der Waals surface area contributed by atoms with Crippen molar-refractivity contribution in [2.75, 3.05) is 20.0 Å². The van der Waals surface area contributed by atoms with Gasteiger partial charge in [0.05, 0.1) is 30.4 Å². The van der Waals surface area contributed by atoms with E-state index in [4.69, 9.17) is 10.5 Å². The molecule has 7 heteroatoms. The predicted molar refractivity (Wildman–Crippen MR) is 55.4 cm³/mol. The van der Waals surface area contributed by atoms with Crippen LogP contribution in [-0.4, -0.2) is 25.1 Å². The number of rotatable bonds is 3. The summed E-state index contributed by atoms with van der Waals surface area (Å²) in [6.45, 7) is 0. The number of nitro benzene ring substituents is 1. The maximum atomic E-state index is 11.2. The average Bonchev–Trinajstić information content (AvgIpc) is 2.26. The molecule has 0 aliphatic heterocycles. The van der Waals surface area contributed by atoms with Gasteiger partial charge in [0.25, 0.3) is 0 Å². The largest absolute Gasteiger partial charge is 0.489 e. The van der Waals surface area contributed by atoms with Crippen molar-refractivity contribution in [3.8, 4) is 5.75 Å². The zero-order valence-electron chi connectivity index (χ0n) is 8.72. The highest BCUT2D eigenvalue weighted by Crippen LogP contribution is 2.34. The van der Waals surface area contributed by atoms with Crippen LogP contribution in [0.1, 0.15) is 10.4 Å². The zero-order valence-corrected chi connectivity index (χ0v) is 8.72. The van der Waals surface area contributed by atoms with Crippen LogP contribution in [0.3, 0.4) is 0 Å². The molecule has 0 heterocycles. The Bertz CT molecular complexity index is 444. The van der Waals surface area contributed by atoms with Gasteiger partial charge in [0.1, 0.15) is 0 Å². The van der Waals surface area contributed by atoms with E-state index < -0.39 is 10.9 Å². The number of benzene rings is 1. The number of hydrogen-bond donors (Lipinski definition) is 1. The quantitative estimate of drug-likeness (QED) is 0.356. The van der Waals surface area contributed by atoms with Crippen LogP contribution in [0.2, 0.25) is 0 Å². The molecule has 0 fully saturated rings. The molecule has 86 valence electrons. The fraction of sp³-hybridized carbons (Fsp3) is 0.222. The lowest BCUT2D eigenvalue weighted by atomic mass is 10.1. The fourth-order valence-corrected chi connectivity index (χ4v) is 1.23. The van der Waals surface area contributed by atoms with E-state index in [1.54, 1.807) is 0 Å². The third-order valence-corrected chi connectivity index (χ3v) is 1.92. The fourth-order valence-electron chi connectivity index (χ4n) is 1.23. The highest BCUT2D eigenvalue weighted by Gasteiger charge is 2.21. The summed E-state index contributed by atoms with van der Waals surface area (Å²) >= 11 is 0. The van der Waals surface area contributed by atoms with E-state index in [1.807, 2.05) is 0 Å². The van der Waals surface area contributed by atoms with Gasteiger partial charge in [0.15, 0.2) is 0 Å². The Kier molecular flexibility index (Phi) is 3.29. The lowest BCUT2D eigenvalue weighted by Gasteiger charge is -2.07. The molecule has 1 aromatic rings. The van der Waals surface area contributed by atoms with E-state index in [1.165, 1.54) is 20.3 Å². The highest BCUT2D eigenvalue weighted by molar-refractivity contribution is 5.92. The van der Waals surface area contributed by atoms with Crippen LogP contribution in [0.4, 0.5) is 11.4 Å². The normalized spacial score (nSPS) is 9.62. The Morgan fingerprint density at radius 2 is 2.06 bits per heavy atom. The van der Waals surface area contributed by atoms with Crippen LogP contribution in [0.5, 0.6) is 5.75 Å². The third-order valence-electron chi connectivity index (χ3n) is 1.92. The molecule has 16 heavy (non-hydrogen) atoms. The van der Waals surface area contributed by atoms with Crippen LogP contribution in [0, 0.1) is 10.1 Å². The van der Waals surface area contributed by atoms with Gasteiger partial charge >= 0.3 is 11.7 Å². The number of nitrogens with zero attached hydrogens (tertiary/aromatic N) is 1. The van der Waals surface area contributed by atoms with E-state index >= 15 is 0 Å². The molecule has 1 rings (SSSR count). The zero-order chi connectivity index (χ0) is 12.3. The maximum Gasteiger partial charge on any atom is 0.338 e. The molecule has 0 bridgehead atoms. The summed E-state index contributed by atoms with van der Waals surface area (Å²) in [5.74, 6) is -0.768. The average molecular weight is 226 g/mol.